The lowest BCUT2D eigenvalue weighted by molar-refractivity contribution is 0.140. The molecule has 0 radical (unpaired) electrons. The van der Waals surface area contributed by atoms with E-state index in [1.54, 1.807) is 0 Å². The summed E-state index contributed by atoms with van der Waals surface area (Å²) in [5.74, 6) is 0. The Kier molecular flexibility index (Phi) is 11.3. The van der Waals surface area contributed by atoms with Crippen LogP contribution in [0.2, 0.25) is 0 Å². The van der Waals surface area contributed by atoms with Crippen LogP contribution in [0.4, 0.5) is 0 Å². The van der Waals surface area contributed by atoms with Crippen LogP contribution in [-0.2, 0) is 0 Å². The predicted octanol–water partition coefficient (Wildman–Crippen LogP) is 3.58. The molecular weight excluding hydrogens is 320 g/mol. The second kappa shape index (κ2) is 12.3. The van der Waals surface area contributed by atoms with Crippen LogP contribution in [0.5, 0.6) is 0 Å². The zero-order valence-electron chi connectivity index (χ0n) is 18.8. The monoisotopic (exact) mass is 368 g/mol. The van der Waals surface area contributed by atoms with Crippen molar-refractivity contribution in [2.75, 3.05) is 59.9 Å². The maximum atomic E-state index is 3.67. The van der Waals surface area contributed by atoms with Crippen LogP contribution < -0.4 is 10.6 Å². The van der Waals surface area contributed by atoms with E-state index in [4.69, 9.17) is 0 Å². The van der Waals surface area contributed by atoms with Gasteiger partial charge in [0.2, 0.25) is 0 Å². The molecule has 4 heteroatoms. The highest BCUT2D eigenvalue weighted by molar-refractivity contribution is 4.96. The van der Waals surface area contributed by atoms with E-state index in [2.05, 4.69) is 34.5 Å². The highest BCUT2D eigenvalue weighted by atomic mass is 15.1. The lowest BCUT2D eigenvalue weighted by atomic mass is 9.78. The number of likely N-dealkylation sites (tertiary alicyclic amines) is 2. The first kappa shape index (κ1) is 23.9. The lowest BCUT2D eigenvalue weighted by Crippen LogP contribution is -2.48. The average molecular weight is 369 g/mol. The molecule has 0 unspecified atom stereocenters. The summed E-state index contributed by atoms with van der Waals surface area (Å²) in [6.07, 6.45) is 9.78. The van der Waals surface area contributed by atoms with Crippen molar-refractivity contribution in [3.63, 3.8) is 0 Å². The Balaban J connectivity index is 0.000000219. The summed E-state index contributed by atoms with van der Waals surface area (Å²) in [4.78, 5) is 4.88. The zero-order chi connectivity index (χ0) is 19.5. The van der Waals surface area contributed by atoms with Gasteiger partial charge in [-0.25, -0.2) is 0 Å². The van der Waals surface area contributed by atoms with Crippen LogP contribution in [0.25, 0.3) is 0 Å². The predicted molar refractivity (Wildman–Crippen MR) is 116 cm³/mol. The SMILES string of the molecule is CC.CC.CN1CCC2(CCCN2)CC1.CN1CCC2(CCNC2)CC1. The van der Waals surface area contributed by atoms with Crippen molar-refractivity contribution in [3.05, 3.63) is 0 Å². The quantitative estimate of drug-likeness (QED) is 0.684. The Morgan fingerprint density at radius 2 is 1.19 bits per heavy atom. The average Bonchev–Trinajstić information content (AvgIpc) is 3.35. The van der Waals surface area contributed by atoms with Crippen LogP contribution >= 0.6 is 0 Å². The van der Waals surface area contributed by atoms with Crippen molar-refractivity contribution in [3.8, 4) is 0 Å². The zero-order valence-corrected chi connectivity index (χ0v) is 18.8. The van der Waals surface area contributed by atoms with Gasteiger partial charge in [-0.3, -0.25) is 0 Å². The topological polar surface area (TPSA) is 30.5 Å². The number of nitrogens with one attached hydrogen (secondary N) is 2. The van der Waals surface area contributed by atoms with E-state index in [9.17, 15) is 0 Å². The summed E-state index contributed by atoms with van der Waals surface area (Å²) < 4.78 is 0. The molecule has 4 nitrogen and oxygen atoms in total. The molecule has 0 saturated carbocycles. The van der Waals surface area contributed by atoms with Gasteiger partial charge in [0.25, 0.3) is 0 Å². The minimum Gasteiger partial charge on any atom is -0.316 e. The third kappa shape index (κ3) is 7.10. The van der Waals surface area contributed by atoms with E-state index < -0.39 is 0 Å². The highest BCUT2D eigenvalue weighted by Crippen LogP contribution is 2.36. The summed E-state index contributed by atoms with van der Waals surface area (Å²) >= 11 is 0. The normalized spacial score (nSPS) is 27.0. The summed E-state index contributed by atoms with van der Waals surface area (Å²) in [5, 5.41) is 7.14. The molecule has 0 amide bonds. The largest absolute Gasteiger partial charge is 0.316 e. The lowest BCUT2D eigenvalue weighted by Gasteiger charge is -2.37. The van der Waals surface area contributed by atoms with E-state index in [-0.39, 0.29) is 0 Å². The van der Waals surface area contributed by atoms with E-state index in [0.717, 1.165) is 0 Å². The first-order valence-corrected chi connectivity index (χ1v) is 11.4. The Labute approximate surface area is 164 Å². The van der Waals surface area contributed by atoms with Crippen molar-refractivity contribution in [2.45, 2.75) is 78.2 Å². The van der Waals surface area contributed by atoms with Crippen molar-refractivity contribution < 1.29 is 0 Å². The van der Waals surface area contributed by atoms with Crippen LogP contribution in [0.1, 0.15) is 72.6 Å². The van der Waals surface area contributed by atoms with Crippen molar-refractivity contribution in [1.82, 2.24) is 20.4 Å². The Morgan fingerprint density at radius 1 is 0.654 bits per heavy atom. The van der Waals surface area contributed by atoms with Gasteiger partial charge in [-0.1, -0.05) is 27.7 Å². The highest BCUT2D eigenvalue weighted by Gasteiger charge is 2.36. The van der Waals surface area contributed by atoms with Crippen LogP contribution in [0.3, 0.4) is 0 Å². The van der Waals surface area contributed by atoms with Crippen molar-refractivity contribution in [2.24, 2.45) is 5.41 Å². The van der Waals surface area contributed by atoms with E-state index in [1.165, 1.54) is 90.8 Å². The number of hydrogen-bond donors (Lipinski definition) is 2. The maximum Gasteiger partial charge on any atom is 0.0206 e. The minimum absolute atomic E-state index is 0.562. The number of hydrogen-bond acceptors (Lipinski definition) is 4. The summed E-state index contributed by atoms with van der Waals surface area (Å²) in [5.41, 5.74) is 1.26. The molecule has 0 aromatic rings. The first-order chi connectivity index (χ1) is 12.6. The van der Waals surface area contributed by atoms with Gasteiger partial charge in [-0.15, -0.1) is 0 Å². The fourth-order valence-electron chi connectivity index (χ4n) is 4.66. The Hall–Kier alpha value is -0.160. The summed E-state index contributed by atoms with van der Waals surface area (Å²) in [6, 6.07) is 0. The van der Waals surface area contributed by atoms with Gasteiger partial charge in [0.15, 0.2) is 0 Å². The molecule has 2 spiro atoms. The van der Waals surface area contributed by atoms with Gasteiger partial charge in [-0.05, 0) is 104 Å². The molecule has 0 aromatic heterocycles. The molecule has 0 aromatic carbocycles. The van der Waals surface area contributed by atoms with Gasteiger partial charge < -0.3 is 20.4 Å². The molecule has 4 aliphatic rings. The maximum absolute atomic E-state index is 3.67. The molecule has 4 saturated heterocycles. The fourth-order valence-corrected chi connectivity index (χ4v) is 4.66. The first-order valence-electron chi connectivity index (χ1n) is 11.4. The van der Waals surface area contributed by atoms with Gasteiger partial charge >= 0.3 is 0 Å². The second-order valence-corrected chi connectivity index (χ2v) is 8.34. The molecule has 4 rings (SSSR count). The Morgan fingerprint density at radius 3 is 1.62 bits per heavy atom. The molecule has 0 atom stereocenters. The fraction of sp³-hybridized carbons (Fsp3) is 1.00. The van der Waals surface area contributed by atoms with Gasteiger partial charge in [0.05, 0.1) is 0 Å². The standard InChI is InChI=1S/2C9H18N2.2C2H6/c1-11-6-3-9(4-7-11)2-5-10-8-9;1-11-7-4-9(5-8-11)3-2-6-10-9;2*1-2/h2*10H,2-8H2,1H3;2*1-2H3. The molecule has 0 aliphatic carbocycles. The molecular formula is C22H48N4. The van der Waals surface area contributed by atoms with E-state index in [1.807, 2.05) is 27.7 Å². The van der Waals surface area contributed by atoms with E-state index >= 15 is 0 Å². The Bertz CT molecular complexity index is 292. The number of rotatable bonds is 0. The molecule has 4 aliphatic heterocycles. The van der Waals surface area contributed by atoms with Crippen molar-refractivity contribution >= 4 is 0 Å². The number of piperidine rings is 2. The molecule has 0 bridgehead atoms. The van der Waals surface area contributed by atoms with Gasteiger partial charge in [0.1, 0.15) is 0 Å². The van der Waals surface area contributed by atoms with E-state index in [0.29, 0.717) is 11.0 Å². The van der Waals surface area contributed by atoms with Gasteiger partial charge in [0, 0.05) is 12.1 Å². The minimum atomic E-state index is 0.562. The molecule has 2 N–H and O–H groups in total. The van der Waals surface area contributed by atoms with Crippen molar-refractivity contribution in [1.29, 1.82) is 0 Å². The molecule has 26 heavy (non-hydrogen) atoms. The van der Waals surface area contributed by atoms with Crippen LogP contribution in [0, 0.1) is 5.41 Å². The second-order valence-electron chi connectivity index (χ2n) is 8.34. The van der Waals surface area contributed by atoms with Crippen LogP contribution in [0.15, 0.2) is 0 Å². The summed E-state index contributed by atoms with van der Waals surface area (Å²) in [6.45, 7) is 17.0. The molecule has 4 fully saturated rings. The third-order valence-electron chi connectivity index (χ3n) is 6.66. The summed E-state index contributed by atoms with van der Waals surface area (Å²) in [7, 11) is 4.46. The van der Waals surface area contributed by atoms with Gasteiger partial charge in [-0.2, -0.15) is 0 Å². The third-order valence-corrected chi connectivity index (χ3v) is 6.66. The smallest absolute Gasteiger partial charge is 0.0206 e. The molecule has 4 heterocycles. The van der Waals surface area contributed by atoms with Crippen LogP contribution in [-0.4, -0.2) is 75.2 Å². The molecule has 156 valence electrons. The number of nitrogens with zero attached hydrogens (tertiary/aromatic N) is 2.